The van der Waals surface area contributed by atoms with Crippen LogP contribution >= 0.6 is 0 Å². The van der Waals surface area contributed by atoms with Gasteiger partial charge in [0.1, 0.15) is 5.58 Å². The Hall–Kier alpha value is -5.94. The van der Waals surface area contributed by atoms with E-state index in [1.54, 1.807) is 18.2 Å². The minimum absolute atomic E-state index is 0. The van der Waals surface area contributed by atoms with Gasteiger partial charge in [0.05, 0.1) is 28.1 Å². The second-order valence-electron chi connectivity index (χ2n) is 14.1. The van der Waals surface area contributed by atoms with E-state index in [4.69, 9.17) is 18.5 Å². The van der Waals surface area contributed by atoms with E-state index in [9.17, 15) is 0 Å². The van der Waals surface area contributed by atoms with Gasteiger partial charge < -0.3 is 14.0 Å². The van der Waals surface area contributed by atoms with Crippen LogP contribution in [0.15, 0.2) is 150 Å². The quantitative estimate of drug-likeness (QED) is 0.131. The molecule has 0 bridgehead atoms. The number of furan rings is 1. The molecule has 0 spiro atoms. The first-order valence-corrected chi connectivity index (χ1v) is 17.6. The summed E-state index contributed by atoms with van der Waals surface area (Å²) in [5.41, 5.74) is 8.11. The Morgan fingerprint density at radius 1 is 0.685 bits per heavy atom. The van der Waals surface area contributed by atoms with Gasteiger partial charge in [0.25, 0.3) is 0 Å². The molecule has 0 amide bonds. The Morgan fingerprint density at radius 2 is 1.46 bits per heavy atom. The van der Waals surface area contributed by atoms with E-state index in [2.05, 4.69) is 121 Å². The van der Waals surface area contributed by atoms with Crippen LogP contribution in [0.1, 0.15) is 36.1 Å². The van der Waals surface area contributed by atoms with Crippen LogP contribution in [0.4, 0.5) is 0 Å². The van der Waals surface area contributed by atoms with E-state index in [-0.39, 0.29) is 31.1 Å². The standard InChI is InChI=1S/C36H26N3O.C12H10N.Ir/c1-36(2,3)34-31-29(20-21-37-34)39(24-11-5-4-6-12-24)35(38-31)28-15-9-14-26-27-19-18-23-17-16-22-10-7-8-13-25(22)30(23)33(27)40-32(26)28;1-10-7-8-12(13-9-10)11-5-3-2-4-6-11;/h4-14,16-21H,1-3H3;2-5,7-9H,1H3;/q2*-1;/i;1D3;. The Bertz CT molecular complexity index is 3040. The summed E-state index contributed by atoms with van der Waals surface area (Å²) in [6.07, 6.45) is 3.28. The fourth-order valence-corrected chi connectivity index (χ4v) is 7.12. The fourth-order valence-electron chi connectivity index (χ4n) is 7.12. The second-order valence-corrected chi connectivity index (χ2v) is 14.1. The average Bonchev–Trinajstić information content (AvgIpc) is 3.80. The Balaban J connectivity index is 0.000000226. The maximum atomic E-state index is 7.23. The summed E-state index contributed by atoms with van der Waals surface area (Å²) in [6.45, 7) is 4.44. The maximum Gasteiger partial charge on any atom is 0.129 e. The summed E-state index contributed by atoms with van der Waals surface area (Å²) in [6, 6.07) is 51.0. The largest absolute Gasteiger partial charge is 0.500 e. The van der Waals surface area contributed by atoms with Gasteiger partial charge in [-0.1, -0.05) is 111 Å². The molecule has 0 atom stereocenters. The third kappa shape index (κ3) is 6.18. The number of rotatable bonds is 3. The molecule has 4 aromatic heterocycles. The van der Waals surface area contributed by atoms with Crippen LogP contribution in [-0.2, 0) is 25.5 Å². The third-order valence-corrected chi connectivity index (χ3v) is 9.58. The summed E-state index contributed by atoms with van der Waals surface area (Å²) in [7, 11) is 0. The van der Waals surface area contributed by atoms with Crippen molar-refractivity contribution < 1.29 is 28.6 Å². The molecule has 0 aliphatic rings. The summed E-state index contributed by atoms with van der Waals surface area (Å²) in [5.74, 6) is 0.790. The average molecular weight is 880 g/mol. The van der Waals surface area contributed by atoms with Gasteiger partial charge in [0.2, 0.25) is 0 Å². The number of nitrogens with zero attached hydrogens (tertiary/aromatic N) is 4. The maximum absolute atomic E-state index is 7.23. The van der Waals surface area contributed by atoms with Crippen molar-refractivity contribution in [3.8, 4) is 28.3 Å². The minimum Gasteiger partial charge on any atom is -0.500 e. The zero-order valence-electron chi connectivity index (χ0n) is 32.9. The molecule has 0 unspecified atom stereocenters. The van der Waals surface area contributed by atoms with Gasteiger partial charge in [0, 0.05) is 58.5 Å². The first-order valence-electron chi connectivity index (χ1n) is 19.1. The van der Waals surface area contributed by atoms with E-state index < -0.39 is 6.85 Å². The van der Waals surface area contributed by atoms with E-state index in [0.717, 1.165) is 77.8 Å². The third-order valence-electron chi connectivity index (χ3n) is 9.58. The van der Waals surface area contributed by atoms with Gasteiger partial charge in [0.15, 0.2) is 0 Å². The monoisotopic (exact) mass is 880 g/mol. The van der Waals surface area contributed by atoms with Gasteiger partial charge in [-0.25, -0.2) is 0 Å². The van der Waals surface area contributed by atoms with Crippen LogP contribution in [0.5, 0.6) is 0 Å². The first-order chi connectivity index (χ1) is 27.1. The molecule has 5 nitrogen and oxygen atoms in total. The van der Waals surface area contributed by atoms with Crippen molar-refractivity contribution in [2.75, 3.05) is 0 Å². The van der Waals surface area contributed by atoms with Crippen LogP contribution in [0.2, 0.25) is 0 Å². The molecule has 1 radical (unpaired) electrons. The number of hydrogen-bond donors (Lipinski definition) is 0. The fraction of sp³-hybridized carbons (Fsp3) is 0.104. The molecular weight excluding hydrogens is 841 g/mol. The van der Waals surface area contributed by atoms with Crippen molar-refractivity contribution in [1.82, 2.24) is 19.5 Å². The van der Waals surface area contributed by atoms with Gasteiger partial charge in [-0.3, -0.25) is 9.97 Å². The smallest absolute Gasteiger partial charge is 0.129 e. The number of hydrogen-bond acceptors (Lipinski definition) is 4. The minimum atomic E-state index is -2.09. The zero-order valence-corrected chi connectivity index (χ0v) is 32.3. The van der Waals surface area contributed by atoms with Crippen molar-refractivity contribution >= 4 is 54.5 Å². The Labute approximate surface area is 331 Å². The number of fused-ring (bicyclic) bond motifs is 8. The van der Waals surface area contributed by atoms with Crippen LogP contribution in [-0.4, -0.2) is 19.5 Å². The number of aryl methyl sites for hydroxylation is 1. The molecule has 0 saturated heterocycles. The SMILES string of the molecule is CC(C)(C)c1nccc2c1nc(-c1[c-]ccc3c1oc1c3ccc3ccc4ccccc4c31)n2-c1ccccc1.[2H]C([2H])([2H])c1ccc(-c2[c-]cccc2)nc1.[Ir]. The molecule has 0 N–H and O–H groups in total. The number of imidazole rings is 1. The van der Waals surface area contributed by atoms with Gasteiger partial charge in [-0.2, -0.15) is 0 Å². The number of pyridine rings is 2. The van der Waals surface area contributed by atoms with E-state index in [1.807, 2.05) is 42.6 Å². The normalized spacial score (nSPS) is 12.6. The van der Waals surface area contributed by atoms with Crippen molar-refractivity contribution in [2.45, 2.75) is 33.0 Å². The van der Waals surface area contributed by atoms with Gasteiger partial charge in [-0.05, 0) is 52.5 Å². The second kappa shape index (κ2) is 14.1. The number of aromatic nitrogens is 4. The predicted octanol–water partition coefficient (Wildman–Crippen LogP) is 12.2. The van der Waals surface area contributed by atoms with Crippen molar-refractivity contribution in [1.29, 1.82) is 0 Å². The van der Waals surface area contributed by atoms with E-state index in [1.165, 1.54) is 17.0 Å². The van der Waals surface area contributed by atoms with Crippen LogP contribution in [0.3, 0.4) is 0 Å². The van der Waals surface area contributed by atoms with Gasteiger partial charge in [-0.15, -0.1) is 54.1 Å². The summed E-state index contributed by atoms with van der Waals surface area (Å²) < 4.78 is 30.8. The molecule has 0 aliphatic heterocycles. The number of para-hydroxylation sites is 1. The van der Waals surface area contributed by atoms with E-state index in [0.29, 0.717) is 0 Å². The molecule has 4 heterocycles. The number of benzene rings is 6. The van der Waals surface area contributed by atoms with Crippen molar-refractivity contribution in [3.05, 3.63) is 169 Å². The van der Waals surface area contributed by atoms with Crippen LogP contribution in [0.25, 0.3) is 82.8 Å². The molecule has 54 heavy (non-hydrogen) atoms. The molecule has 0 saturated carbocycles. The molecule has 6 aromatic carbocycles. The van der Waals surface area contributed by atoms with Crippen molar-refractivity contribution in [3.63, 3.8) is 0 Å². The molecule has 265 valence electrons. The van der Waals surface area contributed by atoms with Crippen molar-refractivity contribution in [2.24, 2.45) is 0 Å². The summed E-state index contributed by atoms with van der Waals surface area (Å²) in [5, 5.41) is 6.82. The predicted molar refractivity (Wildman–Crippen MR) is 217 cm³/mol. The van der Waals surface area contributed by atoms with E-state index >= 15 is 0 Å². The molecule has 0 fully saturated rings. The molecule has 10 aromatic rings. The summed E-state index contributed by atoms with van der Waals surface area (Å²) >= 11 is 0. The molecule has 6 heteroatoms. The van der Waals surface area contributed by atoms with Gasteiger partial charge >= 0.3 is 0 Å². The molecule has 0 aliphatic carbocycles. The van der Waals surface area contributed by atoms with Crippen LogP contribution < -0.4 is 0 Å². The Kier molecular flexibility index (Phi) is 8.26. The summed E-state index contributed by atoms with van der Waals surface area (Å²) in [4.78, 5) is 14.2. The molecular formula is C48H36IrN4O-2. The zero-order chi connectivity index (χ0) is 38.6. The Morgan fingerprint density at radius 3 is 2.24 bits per heavy atom. The molecule has 10 rings (SSSR count). The topological polar surface area (TPSA) is 56.7 Å². The first kappa shape index (κ1) is 31.6. The van der Waals surface area contributed by atoms with Crippen LogP contribution in [0, 0.1) is 19.0 Å².